The van der Waals surface area contributed by atoms with Gasteiger partial charge < -0.3 is 5.32 Å². The van der Waals surface area contributed by atoms with Crippen LogP contribution < -0.4 is 5.32 Å². The third kappa shape index (κ3) is 2.58. The fourth-order valence-electron chi connectivity index (χ4n) is 2.93. The van der Waals surface area contributed by atoms with Crippen LogP contribution in [0.25, 0.3) is 0 Å². The van der Waals surface area contributed by atoms with Gasteiger partial charge in [0.25, 0.3) is 0 Å². The summed E-state index contributed by atoms with van der Waals surface area (Å²) in [5.41, 5.74) is 3.17. The fraction of sp³-hybridized carbons (Fsp3) is 0.294. The molecule has 3 rings (SSSR count). The lowest BCUT2D eigenvalue weighted by Gasteiger charge is -2.21. The summed E-state index contributed by atoms with van der Waals surface area (Å²) in [7, 11) is 0. The topological polar surface area (TPSA) is 12.0 Å². The Morgan fingerprint density at radius 1 is 1.20 bits per heavy atom. The van der Waals surface area contributed by atoms with Crippen LogP contribution in [0.4, 0.5) is 4.39 Å². The molecule has 3 heteroatoms. The average molecular weight is 290 g/mol. The first-order valence-electron chi connectivity index (χ1n) is 6.94. The highest BCUT2D eigenvalue weighted by atomic mass is 35.5. The van der Waals surface area contributed by atoms with Gasteiger partial charge in [-0.25, -0.2) is 4.39 Å². The van der Waals surface area contributed by atoms with Gasteiger partial charge in [-0.1, -0.05) is 35.9 Å². The Morgan fingerprint density at radius 2 is 1.95 bits per heavy atom. The van der Waals surface area contributed by atoms with Crippen LogP contribution in [0, 0.1) is 5.82 Å². The van der Waals surface area contributed by atoms with Gasteiger partial charge in [0.05, 0.1) is 0 Å². The zero-order chi connectivity index (χ0) is 14.1. The summed E-state index contributed by atoms with van der Waals surface area (Å²) in [6, 6.07) is 13.7. The van der Waals surface area contributed by atoms with Crippen LogP contribution in [0.15, 0.2) is 42.5 Å². The van der Waals surface area contributed by atoms with E-state index in [4.69, 9.17) is 11.6 Å². The fourth-order valence-corrected chi connectivity index (χ4v) is 3.06. The van der Waals surface area contributed by atoms with Crippen molar-refractivity contribution < 1.29 is 4.39 Å². The Morgan fingerprint density at radius 3 is 2.70 bits per heavy atom. The van der Waals surface area contributed by atoms with Crippen molar-refractivity contribution in [3.8, 4) is 0 Å². The standard InChI is InChI=1S/C17H17ClFN/c1-11(12-5-7-13(18)8-6-12)20-17-10-9-14-15(17)3-2-4-16(14)19/h2-8,11,17,20H,9-10H2,1H3/t11-,17?/m0/s1. The van der Waals surface area contributed by atoms with Crippen LogP contribution in [0.3, 0.4) is 0 Å². The molecule has 0 aliphatic heterocycles. The monoisotopic (exact) mass is 289 g/mol. The minimum Gasteiger partial charge on any atom is -0.303 e. The SMILES string of the molecule is C[C@H](NC1CCc2c(F)cccc21)c1ccc(Cl)cc1. The quantitative estimate of drug-likeness (QED) is 0.854. The van der Waals surface area contributed by atoms with Gasteiger partial charge in [0.1, 0.15) is 5.82 Å². The van der Waals surface area contributed by atoms with E-state index < -0.39 is 0 Å². The smallest absolute Gasteiger partial charge is 0.126 e. The molecule has 2 aromatic rings. The Labute approximate surface area is 123 Å². The van der Waals surface area contributed by atoms with Crippen molar-refractivity contribution >= 4 is 11.6 Å². The highest BCUT2D eigenvalue weighted by molar-refractivity contribution is 6.30. The summed E-state index contributed by atoms with van der Waals surface area (Å²) in [4.78, 5) is 0. The first-order chi connectivity index (χ1) is 9.65. The summed E-state index contributed by atoms with van der Waals surface area (Å²) in [6.45, 7) is 2.13. The molecule has 0 bridgehead atoms. The number of hydrogen-bond donors (Lipinski definition) is 1. The van der Waals surface area contributed by atoms with Gasteiger partial charge in [-0.3, -0.25) is 0 Å². The molecule has 1 unspecified atom stereocenters. The first kappa shape index (κ1) is 13.6. The van der Waals surface area contributed by atoms with Crippen molar-refractivity contribution in [2.75, 3.05) is 0 Å². The van der Waals surface area contributed by atoms with Crippen LogP contribution in [0.5, 0.6) is 0 Å². The summed E-state index contributed by atoms with van der Waals surface area (Å²) >= 11 is 5.91. The summed E-state index contributed by atoms with van der Waals surface area (Å²) < 4.78 is 13.7. The number of rotatable bonds is 3. The average Bonchev–Trinajstić information content (AvgIpc) is 2.84. The lowest BCUT2D eigenvalue weighted by atomic mass is 10.0. The molecule has 2 atom stereocenters. The molecule has 0 fully saturated rings. The number of nitrogens with one attached hydrogen (secondary N) is 1. The maximum Gasteiger partial charge on any atom is 0.126 e. The third-order valence-corrected chi connectivity index (χ3v) is 4.29. The molecule has 1 nitrogen and oxygen atoms in total. The van der Waals surface area contributed by atoms with Crippen molar-refractivity contribution in [1.29, 1.82) is 0 Å². The number of fused-ring (bicyclic) bond motifs is 1. The van der Waals surface area contributed by atoms with Crippen molar-refractivity contribution in [2.24, 2.45) is 0 Å². The Kier molecular flexibility index (Phi) is 3.77. The Hall–Kier alpha value is -1.38. The molecule has 0 saturated heterocycles. The van der Waals surface area contributed by atoms with E-state index in [0.717, 1.165) is 29.0 Å². The second kappa shape index (κ2) is 5.55. The van der Waals surface area contributed by atoms with E-state index in [1.54, 1.807) is 12.1 Å². The van der Waals surface area contributed by atoms with Gasteiger partial charge in [0, 0.05) is 17.1 Å². The molecule has 0 radical (unpaired) electrons. The second-order valence-corrected chi connectivity index (χ2v) is 5.78. The number of hydrogen-bond acceptors (Lipinski definition) is 1. The molecule has 1 aliphatic carbocycles. The molecule has 0 aromatic heterocycles. The minimum absolute atomic E-state index is 0.0778. The van der Waals surface area contributed by atoms with Crippen molar-refractivity contribution in [3.05, 3.63) is 70.0 Å². The summed E-state index contributed by atoms with van der Waals surface area (Å²) in [5, 5.41) is 4.33. The molecule has 0 amide bonds. The van der Waals surface area contributed by atoms with Gasteiger partial charge >= 0.3 is 0 Å². The van der Waals surface area contributed by atoms with Gasteiger partial charge in [-0.05, 0) is 54.7 Å². The van der Waals surface area contributed by atoms with E-state index in [0.29, 0.717) is 0 Å². The number of halogens is 2. The van der Waals surface area contributed by atoms with E-state index in [9.17, 15) is 4.39 Å². The van der Waals surface area contributed by atoms with Gasteiger partial charge in [-0.2, -0.15) is 0 Å². The molecule has 0 saturated carbocycles. The molecule has 0 spiro atoms. The minimum atomic E-state index is -0.0778. The van der Waals surface area contributed by atoms with Crippen LogP contribution in [-0.4, -0.2) is 0 Å². The van der Waals surface area contributed by atoms with Crippen molar-refractivity contribution in [1.82, 2.24) is 5.32 Å². The molecule has 2 aromatic carbocycles. The van der Waals surface area contributed by atoms with Crippen molar-refractivity contribution in [3.63, 3.8) is 0 Å². The van der Waals surface area contributed by atoms with E-state index in [1.807, 2.05) is 30.3 Å². The molecule has 1 N–H and O–H groups in total. The van der Waals surface area contributed by atoms with Crippen molar-refractivity contribution in [2.45, 2.75) is 31.8 Å². The number of benzene rings is 2. The molecule has 0 heterocycles. The van der Waals surface area contributed by atoms with E-state index >= 15 is 0 Å². The molecule has 20 heavy (non-hydrogen) atoms. The van der Waals surface area contributed by atoms with E-state index in [-0.39, 0.29) is 17.9 Å². The highest BCUT2D eigenvalue weighted by Gasteiger charge is 2.25. The third-order valence-electron chi connectivity index (χ3n) is 4.03. The lowest BCUT2D eigenvalue weighted by molar-refractivity contribution is 0.465. The predicted octanol–water partition coefficient (Wildman–Crippen LogP) is 4.82. The van der Waals surface area contributed by atoms with Crippen LogP contribution in [0.1, 0.15) is 42.1 Å². The van der Waals surface area contributed by atoms with E-state index in [1.165, 1.54) is 5.56 Å². The molecule has 1 aliphatic rings. The predicted molar refractivity (Wildman–Crippen MR) is 80.5 cm³/mol. The van der Waals surface area contributed by atoms with E-state index in [2.05, 4.69) is 12.2 Å². The van der Waals surface area contributed by atoms with Gasteiger partial charge in [0.15, 0.2) is 0 Å². The van der Waals surface area contributed by atoms with Crippen LogP contribution in [-0.2, 0) is 6.42 Å². The second-order valence-electron chi connectivity index (χ2n) is 5.34. The summed E-state index contributed by atoms with van der Waals surface area (Å²) in [5.74, 6) is -0.0778. The lowest BCUT2D eigenvalue weighted by Crippen LogP contribution is -2.23. The molecule has 104 valence electrons. The molecular formula is C17H17ClFN. The first-order valence-corrected chi connectivity index (χ1v) is 7.32. The molecular weight excluding hydrogens is 273 g/mol. The summed E-state index contributed by atoms with van der Waals surface area (Å²) in [6.07, 6.45) is 1.77. The largest absolute Gasteiger partial charge is 0.303 e. The maximum absolute atomic E-state index is 13.7. The van der Waals surface area contributed by atoms with Gasteiger partial charge in [0.2, 0.25) is 0 Å². The zero-order valence-electron chi connectivity index (χ0n) is 11.4. The zero-order valence-corrected chi connectivity index (χ0v) is 12.1. The van der Waals surface area contributed by atoms with Crippen LogP contribution in [0.2, 0.25) is 5.02 Å². The normalized spacial score (nSPS) is 18.9. The highest BCUT2D eigenvalue weighted by Crippen LogP contribution is 2.34. The maximum atomic E-state index is 13.7. The van der Waals surface area contributed by atoms with Crippen LogP contribution >= 0.6 is 11.6 Å². The Balaban J connectivity index is 1.77. The Bertz CT molecular complexity index is 609. The van der Waals surface area contributed by atoms with Gasteiger partial charge in [-0.15, -0.1) is 0 Å².